The SMILES string of the molecule is Cc1cc(Br)c2c(c1)C(=Nc1ccccc1Sc1c(C)n[nH]c1C)C(=O)N2. The molecule has 2 aromatic carbocycles. The van der Waals surface area contributed by atoms with Gasteiger partial charge in [-0.1, -0.05) is 23.9 Å². The van der Waals surface area contributed by atoms with E-state index in [2.05, 4.69) is 31.4 Å². The van der Waals surface area contributed by atoms with Gasteiger partial charge in [-0.25, -0.2) is 4.99 Å². The predicted octanol–water partition coefficient (Wildman–Crippen LogP) is 5.32. The Kier molecular flexibility index (Phi) is 4.65. The number of rotatable bonds is 3. The van der Waals surface area contributed by atoms with Crippen LogP contribution < -0.4 is 5.32 Å². The van der Waals surface area contributed by atoms with Crippen molar-refractivity contribution in [3.05, 3.63) is 63.4 Å². The first kappa shape index (κ1) is 18.0. The Morgan fingerprint density at radius 3 is 2.67 bits per heavy atom. The van der Waals surface area contributed by atoms with Crippen LogP contribution in [0.2, 0.25) is 0 Å². The maximum absolute atomic E-state index is 12.6. The predicted molar refractivity (Wildman–Crippen MR) is 112 cm³/mol. The van der Waals surface area contributed by atoms with Crippen molar-refractivity contribution in [1.82, 2.24) is 10.2 Å². The summed E-state index contributed by atoms with van der Waals surface area (Å²) in [5.74, 6) is -0.188. The highest BCUT2D eigenvalue weighted by Crippen LogP contribution is 2.39. The summed E-state index contributed by atoms with van der Waals surface area (Å²) in [5.41, 5.74) is 5.82. The van der Waals surface area contributed by atoms with Gasteiger partial charge in [-0.3, -0.25) is 9.89 Å². The Morgan fingerprint density at radius 1 is 1.15 bits per heavy atom. The number of carbonyl (C=O) groups is 1. The standard InChI is InChI=1S/C20H17BrN4OS/c1-10-8-13-17(14(21)9-10)23-20(26)18(13)22-15-6-4-5-7-16(15)27-19-11(2)24-25-12(19)3/h4-9H,1-3H3,(H,24,25)(H,22,23,26). The number of anilines is 1. The molecule has 0 spiro atoms. The molecule has 4 rings (SSSR count). The van der Waals surface area contributed by atoms with Crippen molar-refractivity contribution >= 4 is 50.7 Å². The monoisotopic (exact) mass is 440 g/mol. The van der Waals surface area contributed by atoms with Crippen LogP contribution in [0.3, 0.4) is 0 Å². The number of para-hydroxylation sites is 1. The number of fused-ring (bicyclic) bond motifs is 1. The number of hydrogen-bond acceptors (Lipinski definition) is 4. The van der Waals surface area contributed by atoms with Gasteiger partial charge < -0.3 is 5.32 Å². The number of halogens is 1. The van der Waals surface area contributed by atoms with Gasteiger partial charge in [-0.15, -0.1) is 0 Å². The summed E-state index contributed by atoms with van der Waals surface area (Å²) in [6.45, 7) is 5.97. The molecule has 0 atom stereocenters. The molecule has 0 bridgehead atoms. The number of H-pyrrole nitrogens is 1. The number of amides is 1. The maximum Gasteiger partial charge on any atom is 0.275 e. The number of aryl methyl sites for hydroxylation is 3. The Morgan fingerprint density at radius 2 is 1.93 bits per heavy atom. The summed E-state index contributed by atoms with van der Waals surface area (Å²) in [7, 11) is 0. The topological polar surface area (TPSA) is 70.1 Å². The number of benzene rings is 2. The molecule has 1 aromatic heterocycles. The van der Waals surface area contributed by atoms with Crippen molar-refractivity contribution in [3.63, 3.8) is 0 Å². The maximum atomic E-state index is 12.6. The van der Waals surface area contributed by atoms with Crippen LogP contribution in [0.4, 0.5) is 11.4 Å². The number of aliphatic imine (C=N–C) groups is 1. The van der Waals surface area contributed by atoms with Crippen molar-refractivity contribution in [3.8, 4) is 0 Å². The van der Waals surface area contributed by atoms with Gasteiger partial charge >= 0.3 is 0 Å². The first-order valence-corrected chi connectivity index (χ1v) is 10.0. The van der Waals surface area contributed by atoms with Crippen LogP contribution in [0.1, 0.15) is 22.5 Å². The third-order valence-electron chi connectivity index (χ3n) is 4.31. The first-order chi connectivity index (χ1) is 12.9. The molecule has 2 N–H and O–H groups in total. The van der Waals surface area contributed by atoms with Crippen LogP contribution in [0.15, 0.2) is 55.7 Å². The van der Waals surface area contributed by atoms with Crippen molar-refractivity contribution < 1.29 is 4.79 Å². The molecule has 0 saturated heterocycles. The Labute approximate surface area is 169 Å². The smallest absolute Gasteiger partial charge is 0.275 e. The minimum atomic E-state index is -0.188. The number of hydrogen-bond donors (Lipinski definition) is 2. The zero-order valence-electron chi connectivity index (χ0n) is 15.1. The summed E-state index contributed by atoms with van der Waals surface area (Å²) in [5, 5.41) is 10.2. The molecular weight excluding hydrogens is 424 g/mol. The molecule has 0 unspecified atom stereocenters. The van der Waals surface area contributed by atoms with Gasteiger partial charge in [0.2, 0.25) is 0 Å². The molecule has 1 amide bonds. The van der Waals surface area contributed by atoms with Crippen LogP contribution in [0.25, 0.3) is 0 Å². The van der Waals surface area contributed by atoms with E-state index in [0.29, 0.717) is 5.71 Å². The Balaban J connectivity index is 1.79. The van der Waals surface area contributed by atoms with E-state index in [1.165, 1.54) is 0 Å². The zero-order valence-corrected chi connectivity index (χ0v) is 17.5. The number of nitrogens with zero attached hydrogens (tertiary/aromatic N) is 2. The number of aromatic nitrogens is 2. The van der Waals surface area contributed by atoms with Gasteiger partial charge in [0.1, 0.15) is 5.71 Å². The van der Waals surface area contributed by atoms with Crippen LogP contribution in [-0.4, -0.2) is 21.8 Å². The molecule has 2 heterocycles. The minimum Gasteiger partial charge on any atom is -0.319 e. The van der Waals surface area contributed by atoms with Crippen molar-refractivity contribution in [2.24, 2.45) is 4.99 Å². The summed E-state index contributed by atoms with van der Waals surface area (Å²) in [4.78, 5) is 19.3. The van der Waals surface area contributed by atoms with Crippen LogP contribution in [0, 0.1) is 20.8 Å². The van der Waals surface area contributed by atoms with Crippen LogP contribution in [0.5, 0.6) is 0 Å². The molecule has 0 radical (unpaired) electrons. The molecule has 0 aliphatic carbocycles. The molecule has 7 heteroatoms. The summed E-state index contributed by atoms with van der Waals surface area (Å²) in [6.07, 6.45) is 0. The van der Waals surface area contributed by atoms with E-state index in [-0.39, 0.29) is 5.91 Å². The molecular formula is C20H17BrN4OS. The lowest BCUT2D eigenvalue weighted by atomic mass is 10.1. The van der Waals surface area contributed by atoms with Crippen LogP contribution in [-0.2, 0) is 4.79 Å². The average molecular weight is 441 g/mol. The number of nitrogens with one attached hydrogen (secondary N) is 2. The molecule has 0 saturated carbocycles. The normalized spacial score (nSPS) is 14.5. The van der Waals surface area contributed by atoms with E-state index in [0.717, 1.165) is 48.2 Å². The highest BCUT2D eigenvalue weighted by molar-refractivity contribution is 9.10. The largest absolute Gasteiger partial charge is 0.319 e. The highest BCUT2D eigenvalue weighted by atomic mass is 79.9. The van der Waals surface area contributed by atoms with Gasteiger partial charge in [0.15, 0.2) is 0 Å². The lowest BCUT2D eigenvalue weighted by molar-refractivity contribution is -0.110. The number of carbonyl (C=O) groups excluding carboxylic acids is 1. The molecule has 27 heavy (non-hydrogen) atoms. The fourth-order valence-corrected chi connectivity index (χ4v) is 4.67. The van der Waals surface area contributed by atoms with Gasteiger partial charge in [-0.2, -0.15) is 5.10 Å². The first-order valence-electron chi connectivity index (χ1n) is 8.43. The van der Waals surface area contributed by atoms with E-state index in [4.69, 9.17) is 4.99 Å². The molecule has 3 aromatic rings. The van der Waals surface area contributed by atoms with Crippen LogP contribution >= 0.6 is 27.7 Å². The second-order valence-corrected chi connectivity index (χ2v) is 8.32. The fraction of sp³-hybridized carbons (Fsp3) is 0.150. The minimum absolute atomic E-state index is 0.188. The molecule has 136 valence electrons. The lowest BCUT2D eigenvalue weighted by Crippen LogP contribution is -2.14. The van der Waals surface area contributed by atoms with E-state index in [9.17, 15) is 4.79 Å². The third-order valence-corrected chi connectivity index (χ3v) is 6.31. The van der Waals surface area contributed by atoms with E-state index in [1.807, 2.05) is 57.2 Å². The second-order valence-electron chi connectivity index (χ2n) is 6.42. The van der Waals surface area contributed by atoms with Crippen molar-refractivity contribution in [2.45, 2.75) is 30.6 Å². The molecule has 5 nitrogen and oxygen atoms in total. The molecule has 0 fully saturated rings. The lowest BCUT2D eigenvalue weighted by Gasteiger charge is -2.07. The van der Waals surface area contributed by atoms with E-state index in [1.54, 1.807) is 11.8 Å². The summed E-state index contributed by atoms with van der Waals surface area (Å²) >= 11 is 5.13. The van der Waals surface area contributed by atoms with Gasteiger partial charge in [0.25, 0.3) is 5.91 Å². The van der Waals surface area contributed by atoms with Gasteiger partial charge in [0, 0.05) is 20.6 Å². The highest BCUT2D eigenvalue weighted by Gasteiger charge is 2.28. The summed E-state index contributed by atoms with van der Waals surface area (Å²) < 4.78 is 0.864. The van der Waals surface area contributed by atoms with E-state index >= 15 is 0 Å². The Bertz CT molecular complexity index is 1080. The molecule has 1 aliphatic rings. The third kappa shape index (κ3) is 3.33. The quantitative estimate of drug-likeness (QED) is 0.578. The average Bonchev–Trinajstić information content (AvgIpc) is 3.11. The summed E-state index contributed by atoms with van der Waals surface area (Å²) in [6, 6.07) is 11.8. The second kappa shape index (κ2) is 6.98. The van der Waals surface area contributed by atoms with Crippen molar-refractivity contribution in [1.29, 1.82) is 0 Å². The van der Waals surface area contributed by atoms with Gasteiger partial charge in [0.05, 0.1) is 22.0 Å². The molecule has 1 aliphatic heterocycles. The zero-order chi connectivity index (χ0) is 19.1. The Hall–Kier alpha value is -2.38. The fourth-order valence-electron chi connectivity index (χ4n) is 3.02. The number of aromatic amines is 1. The van der Waals surface area contributed by atoms with Crippen molar-refractivity contribution in [2.75, 3.05) is 5.32 Å². The van der Waals surface area contributed by atoms with Gasteiger partial charge in [-0.05, 0) is 66.5 Å². The van der Waals surface area contributed by atoms with E-state index < -0.39 is 0 Å².